The Balaban J connectivity index is 2.80. The Bertz CT molecular complexity index is 284. The second kappa shape index (κ2) is 4.09. The Morgan fingerprint density at radius 2 is 2.23 bits per heavy atom. The van der Waals surface area contributed by atoms with E-state index in [1.54, 1.807) is 6.20 Å². The molecule has 1 aromatic rings. The fraction of sp³-hybridized carbons (Fsp3) is 0.500. The number of hydrogen-bond acceptors (Lipinski definition) is 2. The van der Waals surface area contributed by atoms with Crippen LogP contribution in [0.25, 0.3) is 0 Å². The molecule has 0 saturated heterocycles. The molecule has 1 aromatic heterocycles. The van der Waals surface area contributed by atoms with Crippen LogP contribution in [-0.2, 0) is 0 Å². The van der Waals surface area contributed by atoms with Crippen molar-refractivity contribution < 1.29 is 0 Å². The molecule has 0 aromatic carbocycles. The van der Waals surface area contributed by atoms with Crippen LogP contribution in [0.1, 0.15) is 27.2 Å². The van der Waals surface area contributed by atoms with Gasteiger partial charge in [0.25, 0.3) is 0 Å². The Hall–Kier alpha value is -0.570. The topological polar surface area (TPSA) is 24.9 Å². The van der Waals surface area contributed by atoms with E-state index in [9.17, 15) is 0 Å². The number of pyridine rings is 1. The molecule has 0 unspecified atom stereocenters. The molecule has 0 aliphatic heterocycles. The van der Waals surface area contributed by atoms with Crippen LogP contribution < -0.4 is 5.32 Å². The third kappa shape index (κ3) is 2.99. The molecule has 0 aliphatic carbocycles. The maximum atomic E-state index is 4.25. The zero-order valence-corrected chi connectivity index (χ0v) is 9.85. The van der Waals surface area contributed by atoms with Crippen LogP contribution in [0, 0.1) is 0 Å². The third-order valence-electron chi connectivity index (χ3n) is 2.10. The van der Waals surface area contributed by atoms with E-state index in [-0.39, 0.29) is 5.54 Å². The van der Waals surface area contributed by atoms with Crippen molar-refractivity contribution in [2.45, 2.75) is 32.7 Å². The predicted octanol–water partition coefficient (Wildman–Crippen LogP) is 3.44. The van der Waals surface area contributed by atoms with E-state index in [2.05, 4.69) is 47.0 Å². The van der Waals surface area contributed by atoms with Crippen molar-refractivity contribution in [3.63, 3.8) is 0 Å². The normalized spacial score (nSPS) is 11.4. The summed E-state index contributed by atoms with van der Waals surface area (Å²) in [6.07, 6.45) is 2.86. The second-order valence-electron chi connectivity index (χ2n) is 3.70. The molecule has 0 radical (unpaired) electrons. The number of nitrogens with zero attached hydrogens (tertiary/aromatic N) is 1. The molecule has 0 amide bonds. The molecule has 0 saturated carbocycles. The molecule has 0 aliphatic rings. The van der Waals surface area contributed by atoms with Gasteiger partial charge in [-0.05, 0) is 48.3 Å². The highest BCUT2D eigenvalue weighted by Gasteiger charge is 2.15. The van der Waals surface area contributed by atoms with Crippen molar-refractivity contribution in [3.05, 3.63) is 22.8 Å². The van der Waals surface area contributed by atoms with Crippen LogP contribution in [0.5, 0.6) is 0 Å². The molecule has 0 bridgehead atoms. The van der Waals surface area contributed by atoms with E-state index in [1.165, 1.54) is 0 Å². The lowest BCUT2D eigenvalue weighted by molar-refractivity contribution is 0.544. The van der Waals surface area contributed by atoms with Gasteiger partial charge < -0.3 is 5.32 Å². The molecular formula is C10H15BrN2. The van der Waals surface area contributed by atoms with E-state index in [0.717, 1.165) is 16.7 Å². The summed E-state index contributed by atoms with van der Waals surface area (Å²) in [5, 5.41) is 3.38. The Morgan fingerprint density at radius 1 is 1.54 bits per heavy atom. The number of rotatable bonds is 3. The van der Waals surface area contributed by atoms with Crippen LogP contribution in [0.15, 0.2) is 22.8 Å². The van der Waals surface area contributed by atoms with Gasteiger partial charge in [0, 0.05) is 11.7 Å². The zero-order valence-electron chi connectivity index (χ0n) is 8.26. The summed E-state index contributed by atoms with van der Waals surface area (Å²) >= 11 is 3.45. The van der Waals surface area contributed by atoms with Crippen LogP contribution in [-0.4, -0.2) is 10.5 Å². The van der Waals surface area contributed by atoms with E-state index in [1.807, 2.05) is 12.1 Å². The number of nitrogens with one attached hydrogen (secondary N) is 1. The first kappa shape index (κ1) is 10.5. The summed E-state index contributed by atoms with van der Waals surface area (Å²) in [5.74, 6) is 0.911. The first-order chi connectivity index (χ1) is 6.05. The lowest BCUT2D eigenvalue weighted by Crippen LogP contribution is -2.30. The molecule has 72 valence electrons. The van der Waals surface area contributed by atoms with Crippen molar-refractivity contribution in [1.29, 1.82) is 0 Å². The van der Waals surface area contributed by atoms with Crippen LogP contribution in [0.4, 0.5) is 5.82 Å². The minimum atomic E-state index is 0.0941. The molecule has 0 atom stereocenters. The summed E-state index contributed by atoms with van der Waals surface area (Å²) < 4.78 is 1.01. The molecule has 1 N–H and O–H groups in total. The lowest BCUT2D eigenvalue weighted by atomic mass is 10.0. The predicted molar refractivity (Wildman–Crippen MR) is 59.9 cm³/mol. The van der Waals surface area contributed by atoms with Gasteiger partial charge in [-0.25, -0.2) is 4.98 Å². The number of aromatic nitrogens is 1. The quantitative estimate of drug-likeness (QED) is 0.879. The molecule has 13 heavy (non-hydrogen) atoms. The largest absolute Gasteiger partial charge is 0.364 e. The molecule has 0 fully saturated rings. The zero-order chi connectivity index (χ0) is 9.90. The molecule has 2 nitrogen and oxygen atoms in total. The number of halogens is 1. The SMILES string of the molecule is CCC(C)(C)Nc1ncccc1Br. The highest BCUT2D eigenvalue weighted by Crippen LogP contribution is 2.23. The molecule has 1 heterocycles. The average Bonchev–Trinajstić information content (AvgIpc) is 2.09. The van der Waals surface area contributed by atoms with Gasteiger partial charge in [0.15, 0.2) is 0 Å². The first-order valence-corrected chi connectivity index (χ1v) is 5.23. The lowest BCUT2D eigenvalue weighted by Gasteiger charge is -2.25. The van der Waals surface area contributed by atoms with E-state index < -0.39 is 0 Å². The standard InChI is InChI=1S/C10H15BrN2/c1-4-10(2,3)13-9-8(11)6-5-7-12-9/h5-7H,4H2,1-3H3,(H,12,13). The summed E-state index contributed by atoms with van der Waals surface area (Å²) in [7, 11) is 0. The van der Waals surface area contributed by atoms with E-state index >= 15 is 0 Å². The minimum absolute atomic E-state index is 0.0941. The smallest absolute Gasteiger partial charge is 0.140 e. The Morgan fingerprint density at radius 3 is 2.77 bits per heavy atom. The highest BCUT2D eigenvalue weighted by molar-refractivity contribution is 9.10. The molecule has 0 spiro atoms. The molecular weight excluding hydrogens is 228 g/mol. The van der Waals surface area contributed by atoms with Crippen molar-refractivity contribution in [2.75, 3.05) is 5.32 Å². The number of anilines is 1. The number of hydrogen-bond donors (Lipinski definition) is 1. The van der Waals surface area contributed by atoms with Crippen LogP contribution >= 0.6 is 15.9 Å². The monoisotopic (exact) mass is 242 g/mol. The van der Waals surface area contributed by atoms with Gasteiger partial charge in [0.1, 0.15) is 5.82 Å². The van der Waals surface area contributed by atoms with Crippen LogP contribution in [0.3, 0.4) is 0 Å². The summed E-state index contributed by atoms with van der Waals surface area (Å²) in [6, 6.07) is 3.90. The molecule has 1 rings (SSSR count). The summed E-state index contributed by atoms with van der Waals surface area (Å²) in [5.41, 5.74) is 0.0941. The summed E-state index contributed by atoms with van der Waals surface area (Å²) in [4.78, 5) is 4.25. The summed E-state index contributed by atoms with van der Waals surface area (Å²) in [6.45, 7) is 6.48. The fourth-order valence-corrected chi connectivity index (χ4v) is 1.24. The van der Waals surface area contributed by atoms with Gasteiger partial charge in [0.2, 0.25) is 0 Å². The highest BCUT2D eigenvalue weighted by atomic mass is 79.9. The first-order valence-electron chi connectivity index (χ1n) is 4.44. The molecule has 3 heteroatoms. The minimum Gasteiger partial charge on any atom is -0.364 e. The Labute approximate surface area is 87.9 Å². The maximum absolute atomic E-state index is 4.25. The third-order valence-corrected chi connectivity index (χ3v) is 2.74. The van der Waals surface area contributed by atoms with Crippen molar-refractivity contribution in [3.8, 4) is 0 Å². The van der Waals surface area contributed by atoms with Crippen molar-refractivity contribution in [1.82, 2.24) is 4.98 Å². The van der Waals surface area contributed by atoms with Crippen molar-refractivity contribution in [2.24, 2.45) is 0 Å². The fourth-order valence-electron chi connectivity index (χ4n) is 0.887. The Kier molecular flexibility index (Phi) is 3.31. The van der Waals surface area contributed by atoms with Gasteiger partial charge in [-0.2, -0.15) is 0 Å². The van der Waals surface area contributed by atoms with Gasteiger partial charge in [-0.15, -0.1) is 0 Å². The van der Waals surface area contributed by atoms with Gasteiger partial charge >= 0.3 is 0 Å². The van der Waals surface area contributed by atoms with E-state index in [0.29, 0.717) is 0 Å². The van der Waals surface area contributed by atoms with Gasteiger partial charge in [-0.3, -0.25) is 0 Å². The second-order valence-corrected chi connectivity index (χ2v) is 4.55. The van der Waals surface area contributed by atoms with Gasteiger partial charge in [-0.1, -0.05) is 6.92 Å². The van der Waals surface area contributed by atoms with E-state index in [4.69, 9.17) is 0 Å². The van der Waals surface area contributed by atoms with Crippen molar-refractivity contribution >= 4 is 21.7 Å². The van der Waals surface area contributed by atoms with Crippen LogP contribution in [0.2, 0.25) is 0 Å². The average molecular weight is 243 g/mol. The maximum Gasteiger partial charge on any atom is 0.140 e. The van der Waals surface area contributed by atoms with Gasteiger partial charge in [0.05, 0.1) is 4.47 Å².